The molecule has 0 amide bonds. The highest BCUT2D eigenvalue weighted by Gasteiger charge is 2.02. The quantitative estimate of drug-likeness (QED) is 0.832. The van der Waals surface area contributed by atoms with Crippen molar-refractivity contribution in [3.05, 3.63) is 53.4 Å². The van der Waals surface area contributed by atoms with Crippen LogP contribution in [-0.2, 0) is 6.42 Å². The summed E-state index contributed by atoms with van der Waals surface area (Å²) in [6, 6.07) is 9.72. The van der Waals surface area contributed by atoms with E-state index < -0.39 is 0 Å². The van der Waals surface area contributed by atoms with Crippen molar-refractivity contribution in [2.75, 3.05) is 18.5 Å². The maximum absolute atomic E-state index is 5.80. The SMILES string of the molecule is CN(CCc1ccccn1)c1ccc(Cl)cn1. The second-order valence-corrected chi connectivity index (χ2v) is 4.26. The molecule has 0 spiro atoms. The summed E-state index contributed by atoms with van der Waals surface area (Å²) in [6.45, 7) is 0.881. The van der Waals surface area contributed by atoms with Crippen molar-refractivity contribution in [3.63, 3.8) is 0 Å². The summed E-state index contributed by atoms with van der Waals surface area (Å²) in [6.07, 6.45) is 4.38. The van der Waals surface area contributed by atoms with E-state index in [1.807, 2.05) is 43.6 Å². The molecule has 2 heterocycles. The van der Waals surface area contributed by atoms with Gasteiger partial charge in [0.2, 0.25) is 0 Å². The van der Waals surface area contributed by atoms with Gasteiger partial charge in [0.15, 0.2) is 0 Å². The van der Waals surface area contributed by atoms with E-state index in [-0.39, 0.29) is 0 Å². The molecule has 17 heavy (non-hydrogen) atoms. The van der Waals surface area contributed by atoms with Gasteiger partial charge in [-0.2, -0.15) is 0 Å². The van der Waals surface area contributed by atoms with E-state index in [4.69, 9.17) is 11.6 Å². The molecule has 3 nitrogen and oxygen atoms in total. The number of hydrogen-bond donors (Lipinski definition) is 0. The van der Waals surface area contributed by atoms with E-state index in [1.54, 1.807) is 6.20 Å². The van der Waals surface area contributed by atoms with Gasteiger partial charge in [0.25, 0.3) is 0 Å². The largest absolute Gasteiger partial charge is 0.359 e. The third kappa shape index (κ3) is 3.43. The van der Waals surface area contributed by atoms with Crippen LogP contribution in [0, 0.1) is 0 Å². The molecular formula is C13H14ClN3. The minimum Gasteiger partial charge on any atom is -0.359 e. The number of hydrogen-bond acceptors (Lipinski definition) is 3. The summed E-state index contributed by atoms with van der Waals surface area (Å²) >= 11 is 5.80. The highest BCUT2D eigenvalue weighted by Crippen LogP contribution is 2.13. The predicted molar refractivity (Wildman–Crippen MR) is 70.5 cm³/mol. The Bertz CT molecular complexity index is 456. The molecule has 0 aliphatic rings. The molecule has 2 aromatic heterocycles. The van der Waals surface area contributed by atoms with Gasteiger partial charge in [0.05, 0.1) is 5.02 Å². The van der Waals surface area contributed by atoms with Crippen molar-refractivity contribution in [3.8, 4) is 0 Å². The van der Waals surface area contributed by atoms with Gasteiger partial charge in [0, 0.05) is 38.1 Å². The van der Waals surface area contributed by atoms with Crippen LogP contribution < -0.4 is 4.90 Å². The Morgan fingerprint density at radius 2 is 2.06 bits per heavy atom. The minimum absolute atomic E-state index is 0.659. The summed E-state index contributed by atoms with van der Waals surface area (Å²) in [5.74, 6) is 0.922. The maximum Gasteiger partial charge on any atom is 0.128 e. The molecule has 0 aliphatic carbocycles. The fraction of sp³-hybridized carbons (Fsp3) is 0.231. The molecule has 2 aromatic rings. The number of anilines is 1. The van der Waals surface area contributed by atoms with Crippen LogP contribution in [0.4, 0.5) is 5.82 Å². The first-order chi connectivity index (χ1) is 8.25. The van der Waals surface area contributed by atoms with Gasteiger partial charge in [-0.3, -0.25) is 4.98 Å². The molecule has 88 valence electrons. The number of likely N-dealkylation sites (N-methyl/N-ethyl adjacent to an activating group) is 1. The molecule has 0 aromatic carbocycles. The molecule has 0 bridgehead atoms. The Morgan fingerprint density at radius 1 is 1.18 bits per heavy atom. The van der Waals surface area contributed by atoms with Crippen LogP contribution in [0.25, 0.3) is 0 Å². The van der Waals surface area contributed by atoms with Crippen LogP contribution >= 0.6 is 11.6 Å². The smallest absolute Gasteiger partial charge is 0.128 e. The lowest BCUT2D eigenvalue weighted by Crippen LogP contribution is -2.21. The van der Waals surface area contributed by atoms with Crippen LogP contribution in [0.2, 0.25) is 5.02 Å². The number of aromatic nitrogens is 2. The summed E-state index contributed by atoms with van der Waals surface area (Å²) in [5, 5.41) is 0.659. The number of rotatable bonds is 4. The standard InChI is InChI=1S/C13H14ClN3/c1-17(13-6-5-11(14)10-16-13)9-7-12-4-2-3-8-15-12/h2-6,8,10H,7,9H2,1H3. The second kappa shape index (κ2) is 5.64. The zero-order valence-corrected chi connectivity index (χ0v) is 10.4. The lowest BCUT2D eigenvalue weighted by Gasteiger charge is -2.17. The molecule has 0 N–H and O–H groups in total. The van der Waals surface area contributed by atoms with E-state index in [9.17, 15) is 0 Å². The van der Waals surface area contributed by atoms with E-state index >= 15 is 0 Å². The van der Waals surface area contributed by atoms with Crippen LogP contribution in [0.15, 0.2) is 42.7 Å². The van der Waals surface area contributed by atoms with Crippen molar-refractivity contribution in [1.82, 2.24) is 9.97 Å². The van der Waals surface area contributed by atoms with Crippen molar-refractivity contribution in [1.29, 1.82) is 0 Å². The normalized spacial score (nSPS) is 10.2. The Morgan fingerprint density at radius 3 is 2.71 bits per heavy atom. The van der Waals surface area contributed by atoms with Gasteiger partial charge < -0.3 is 4.90 Å². The van der Waals surface area contributed by atoms with Crippen LogP contribution in [0.5, 0.6) is 0 Å². The Hall–Kier alpha value is -1.61. The molecule has 0 fully saturated rings. The van der Waals surface area contributed by atoms with Crippen LogP contribution in [0.3, 0.4) is 0 Å². The highest BCUT2D eigenvalue weighted by molar-refractivity contribution is 6.30. The van der Waals surface area contributed by atoms with Crippen molar-refractivity contribution >= 4 is 17.4 Å². The molecular weight excluding hydrogens is 234 g/mol. The first-order valence-corrected chi connectivity index (χ1v) is 5.86. The molecule has 2 rings (SSSR count). The second-order valence-electron chi connectivity index (χ2n) is 3.83. The van der Waals surface area contributed by atoms with Crippen molar-refractivity contribution < 1.29 is 0 Å². The zero-order chi connectivity index (χ0) is 12.1. The fourth-order valence-electron chi connectivity index (χ4n) is 1.54. The number of nitrogens with zero attached hydrogens (tertiary/aromatic N) is 3. The number of pyridine rings is 2. The first-order valence-electron chi connectivity index (χ1n) is 5.48. The third-order valence-corrected chi connectivity index (χ3v) is 2.76. The molecule has 0 atom stereocenters. The average molecular weight is 248 g/mol. The van der Waals surface area contributed by atoms with Gasteiger partial charge in [-0.05, 0) is 24.3 Å². The molecule has 0 unspecified atom stereocenters. The van der Waals surface area contributed by atoms with Gasteiger partial charge in [-0.25, -0.2) is 4.98 Å². The van der Waals surface area contributed by atoms with Gasteiger partial charge in [0.1, 0.15) is 5.82 Å². The maximum atomic E-state index is 5.80. The topological polar surface area (TPSA) is 29.0 Å². The predicted octanol–water partition coefficient (Wildman–Crippen LogP) is 2.81. The summed E-state index contributed by atoms with van der Waals surface area (Å²) in [7, 11) is 2.01. The minimum atomic E-state index is 0.659. The van der Waals surface area contributed by atoms with Crippen molar-refractivity contribution in [2.45, 2.75) is 6.42 Å². The summed E-state index contributed by atoms with van der Waals surface area (Å²) < 4.78 is 0. The lowest BCUT2D eigenvalue weighted by molar-refractivity contribution is 0.839. The number of halogens is 1. The third-order valence-electron chi connectivity index (χ3n) is 2.53. The van der Waals surface area contributed by atoms with Crippen LogP contribution in [-0.4, -0.2) is 23.6 Å². The summed E-state index contributed by atoms with van der Waals surface area (Å²) in [4.78, 5) is 10.6. The highest BCUT2D eigenvalue weighted by atomic mass is 35.5. The molecule has 0 aliphatic heterocycles. The van der Waals surface area contributed by atoms with E-state index in [1.165, 1.54) is 0 Å². The monoisotopic (exact) mass is 247 g/mol. The zero-order valence-electron chi connectivity index (χ0n) is 9.68. The fourth-order valence-corrected chi connectivity index (χ4v) is 1.65. The van der Waals surface area contributed by atoms with E-state index in [2.05, 4.69) is 14.9 Å². The van der Waals surface area contributed by atoms with E-state index in [0.717, 1.165) is 24.5 Å². The van der Waals surface area contributed by atoms with Crippen molar-refractivity contribution in [2.24, 2.45) is 0 Å². The summed E-state index contributed by atoms with van der Waals surface area (Å²) in [5.41, 5.74) is 1.09. The molecule has 0 saturated carbocycles. The average Bonchev–Trinajstić information content (AvgIpc) is 2.38. The van der Waals surface area contributed by atoms with E-state index in [0.29, 0.717) is 5.02 Å². The Labute approximate surface area is 106 Å². The van der Waals surface area contributed by atoms with Gasteiger partial charge in [-0.1, -0.05) is 17.7 Å². The van der Waals surface area contributed by atoms with Gasteiger partial charge in [-0.15, -0.1) is 0 Å². The molecule has 4 heteroatoms. The lowest BCUT2D eigenvalue weighted by atomic mass is 10.2. The van der Waals surface area contributed by atoms with Gasteiger partial charge >= 0.3 is 0 Å². The van der Waals surface area contributed by atoms with Crippen LogP contribution in [0.1, 0.15) is 5.69 Å². The molecule has 0 saturated heterocycles. The Kier molecular flexibility index (Phi) is 3.94. The Balaban J connectivity index is 1.93. The first kappa shape index (κ1) is 11.9. The molecule has 0 radical (unpaired) electrons.